The Morgan fingerprint density at radius 1 is 0.824 bits per heavy atom. The van der Waals surface area contributed by atoms with Crippen molar-refractivity contribution in [2.45, 2.75) is 20.0 Å². The lowest BCUT2D eigenvalue weighted by atomic mass is 10.0. The zero-order valence-corrected chi connectivity index (χ0v) is 18.8. The van der Waals surface area contributed by atoms with E-state index in [2.05, 4.69) is 15.8 Å². The van der Waals surface area contributed by atoms with Crippen LogP contribution in [0.1, 0.15) is 23.6 Å². The van der Waals surface area contributed by atoms with Crippen molar-refractivity contribution in [3.8, 4) is 5.75 Å². The molecule has 170 valence electrons. The molecule has 0 aliphatic rings. The number of carbonyl (C=O) groups is 2. The second kappa shape index (κ2) is 10.9. The smallest absolute Gasteiger partial charge is 0.329 e. The number of fused-ring (bicyclic) bond motifs is 1. The van der Waals surface area contributed by atoms with E-state index in [1.807, 2.05) is 85.8 Å². The Hall–Kier alpha value is -4.45. The van der Waals surface area contributed by atoms with Crippen molar-refractivity contribution < 1.29 is 14.3 Å². The van der Waals surface area contributed by atoms with Gasteiger partial charge in [-0.3, -0.25) is 9.59 Å². The minimum absolute atomic E-state index is 0.394. The van der Waals surface area contributed by atoms with Crippen LogP contribution in [0.4, 0.5) is 5.69 Å². The molecule has 0 radical (unpaired) electrons. The molecule has 0 unspecified atom stereocenters. The number of benzene rings is 4. The zero-order valence-electron chi connectivity index (χ0n) is 18.8. The number of hydrazone groups is 1. The molecule has 0 aliphatic heterocycles. The maximum atomic E-state index is 12.3. The van der Waals surface area contributed by atoms with Crippen molar-refractivity contribution >= 4 is 34.5 Å². The van der Waals surface area contributed by atoms with Gasteiger partial charge in [0, 0.05) is 11.3 Å². The Morgan fingerprint density at radius 3 is 2.32 bits per heavy atom. The van der Waals surface area contributed by atoms with E-state index in [4.69, 9.17) is 4.74 Å². The second-order valence-electron chi connectivity index (χ2n) is 7.68. The van der Waals surface area contributed by atoms with E-state index in [1.165, 1.54) is 6.21 Å². The van der Waals surface area contributed by atoms with E-state index in [-0.39, 0.29) is 0 Å². The highest BCUT2D eigenvalue weighted by Crippen LogP contribution is 2.27. The Balaban J connectivity index is 1.47. The van der Waals surface area contributed by atoms with Gasteiger partial charge in [0.1, 0.15) is 12.4 Å². The number of anilines is 1. The van der Waals surface area contributed by atoms with Gasteiger partial charge in [-0.25, -0.2) is 5.43 Å². The number of hydrogen-bond donors (Lipinski definition) is 2. The van der Waals surface area contributed by atoms with Gasteiger partial charge in [0.15, 0.2) is 0 Å². The summed E-state index contributed by atoms with van der Waals surface area (Å²) in [5, 5.41) is 8.54. The molecule has 6 nitrogen and oxygen atoms in total. The molecule has 4 rings (SSSR count). The van der Waals surface area contributed by atoms with E-state index in [1.54, 1.807) is 12.1 Å². The molecule has 2 N–H and O–H groups in total. The van der Waals surface area contributed by atoms with E-state index in [0.29, 0.717) is 23.6 Å². The van der Waals surface area contributed by atoms with Crippen LogP contribution in [0.15, 0.2) is 96.1 Å². The molecule has 6 heteroatoms. The highest BCUT2D eigenvalue weighted by Gasteiger charge is 2.13. The van der Waals surface area contributed by atoms with Gasteiger partial charge < -0.3 is 10.1 Å². The van der Waals surface area contributed by atoms with Crippen LogP contribution in [0.5, 0.6) is 5.75 Å². The highest BCUT2D eigenvalue weighted by atomic mass is 16.5. The molecule has 0 aliphatic carbocycles. The summed E-state index contributed by atoms with van der Waals surface area (Å²) in [5.41, 5.74) is 5.75. The molecule has 0 heterocycles. The Bertz CT molecular complexity index is 1320. The summed E-state index contributed by atoms with van der Waals surface area (Å²) < 4.78 is 6.05. The SMILES string of the molecule is CCc1ccc(NC(=O)C(=O)N/N=C/c2c(OCc3ccccc3)ccc3ccccc23)cc1. The normalized spacial score (nSPS) is 10.9. The third kappa shape index (κ3) is 5.66. The van der Waals surface area contributed by atoms with Crippen LogP contribution >= 0.6 is 0 Å². The number of ether oxygens (including phenoxy) is 1. The van der Waals surface area contributed by atoms with E-state index < -0.39 is 11.8 Å². The van der Waals surface area contributed by atoms with Gasteiger partial charge in [-0.2, -0.15) is 5.10 Å². The monoisotopic (exact) mass is 451 g/mol. The molecule has 2 amide bonds. The van der Waals surface area contributed by atoms with Gasteiger partial charge >= 0.3 is 11.8 Å². The van der Waals surface area contributed by atoms with Gasteiger partial charge in [0.05, 0.1) is 6.21 Å². The van der Waals surface area contributed by atoms with Gasteiger partial charge in [0.2, 0.25) is 0 Å². The summed E-state index contributed by atoms with van der Waals surface area (Å²) in [6.45, 7) is 2.44. The fraction of sp³-hybridized carbons (Fsp3) is 0.107. The van der Waals surface area contributed by atoms with Crippen LogP contribution in [-0.4, -0.2) is 18.0 Å². The quantitative estimate of drug-likeness (QED) is 0.234. The number of rotatable bonds is 7. The van der Waals surface area contributed by atoms with Crippen molar-refractivity contribution in [1.29, 1.82) is 0 Å². The summed E-state index contributed by atoms with van der Waals surface area (Å²) in [5.74, 6) is -1.02. The number of nitrogens with zero attached hydrogens (tertiary/aromatic N) is 1. The van der Waals surface area contributed by atoms with E-state index >= 15 is 0 Å². The largest absolute Gasteiger partial charge is 0.488 e. The van der Waals surface area contributed by atoms with Crippen LogP contribution < -0.4 is 15.5 Å². The number of aryl methyl sites for hydroxylation is 1. The lowest BCUT2D eigenvalue weighted by Crippen LogP contribution is -2.32. The van der Waals surface area contributed by atoms with Gasteiger partial charge in [0.25, 0.3) is 0 Å². The van der Waals surface area contributed by atoms with Crippen LogP contribution in [-0.2, 0) is 22.6 Å². The van der Waals surface area contributed by atoms with Crippen molar-refractivity contribution in [2.24, 2.45) is 5.10 Å². The van der Waals surface area contributed by atoms with E-state index in [9.17, 15) is 9.59 Å². The maximum Gasteiger partial charge on any atom is 0.329 e. The van der Waals surface area contributed by atoms with Crippen molar-refractivity contribution in [1.82, 2.24) is 5.43 Å². The lowest BCUT2D eigenvalue weighted by molar-refractivity contribution is -0.136. The summed E-state index contributed by atoms with van der Waals surface area (Å²) in [6, 6.07) is 28.9. The average molecular weight is 452 g/mol. The first-order valence-electron chi connectivity index (χ1n) is 11.1. The lowest BCUT2D eigenvalue weighted by Gasteiger charge is -2.12. The van der Waals surface area contributed by atoms with Gasteiger partial charge in [-0.05, 0) is 46.5 Å². The Labute approximate surface area is 198 Å². The molecular weight excluding hydrogens is 426 g/mol. The second-order valence-corrected chi connectivity index (χ2v) is 7.68. The topological polar surface area (TPSA) is 79.8 Å². The van der Waals surface area contributed by atoms with Crippen LogP contribution in [0.3, 0.4) is 0 Å². The fourth-order valence-electron chi connectivity index (χ4n) is 3.49. The predicted octanol–water partition coefficient (Wildman–Crippen LogP) is 5.07. The molecule has 0 aromatic heterocycles. The first kappa shape index (κ1) is 22.7. The molecule has 0 saturated heterocycles. The number of hydrogen-bond acceptors (Lipinski definition) is 4. The Kier molecular flexibility index (Phi) is 7.30. The highest BCUT2D eigenvalue weighted by molar-refractivity contribution is 6.39. The third-order valence-corrected chi connectivity index (χ3v) is 5.35. The fourth-order valence-corrected chi connectivity index (χ4v) is 3.49. The summed E-state index contributed by atoms with van der Waals surface area (Å²) in [4.78, 5) is 24.5. The molecule has 0 saturated carbocycles. The van der Waals surface area contributed by atoms with Crippen LogP contribution in [0.25, 0.3) is 10.8 Å². The number of carbonyl (C=O) groups excluding carboxylic acids is 2. The first-order chi connectivity index (χ1) is 16.6. The van der Waals surface area contributed by atoms with Crippen molar-refractivity contribution in [3.63, 3.8) is 0 Å². The molecule has 4 aromatic carbocycles. The molecule has 0 bridgehead atoms. The molecule has 0 spiro atoms. The zero-order chi connectivity index (χ0) is 23.8. The minimum Gasteiger partial charge on any atom is -0.488 e. The van der Waals surface area contributed by atoms with Crippen molar-refractivity contribution in [3.05, 3.63) is 108 Å². The first-order valence-corrected chi connectivity index (χ1v) is 11.1. The molecule has 0 fully saturated rings. The molecule has 0 atom stereocenters. The maximum absolute atomic E-state index is 12.3. The van der Waals surface area contributed by atoms with Gasteiger partial charge in [-0.15, -0.1) is 0 Å². The third-order valence-electron chi connectivity index (χ3n) is 5.35. The van der Waals surface area contributed by atoms with Gasteiger partial charge in [-0.1, -0.05) is 79.7 Å². The molecule has 4 aromatic rings. The van der Waals surface area contributed by atoms with Crippen LogP contribution in [0.2, 0.25) is 0 Å². The molecule has 34 heavy (non-hydrogen) atoms. The summed E-state index contributed by atoms with van der Waals surface area (Å²) >= 11 is 0. The standard InChI is InChI=1S/C28H25N3O3/c1-2-20-12-15-23(16-13-20)30-27(32)28(33)31-29-18-25-24-11-7-6-10-22(24)14-17-26(25)34-19-21-8-4-3-5-9-21/h3-18H,2,19H2,1H3,(H,30,32)(H,31,33)/b29-18+. The number of nitrogens with one attached hydrogen (secondary N) is 2. The predicted molar refractivity (Wildman–Crippen MR) is 135 cm³/mol. The summed E-state index contributed by atoms with van der Waals surface area (Å²) in [7, 11) is 0. The van der Waals surface area contributed by atoms with Crippen LogP contribution in [0, 0.1) is 0 Å². The molecular formula is C28H25N3O3. The van der Waals surface area contributed by atoms with Crippen molar-refractivity contribution in [2.75, 3.05) is 5.32 Å². The number of amides is 2. The minimum atomic E-state index is -0.859. The Morgan fingerprint density at radius 2 is 1.56 bits per heavy atom. The van der Waals surface area contributed by atoms with E-state index in [0.717, 1.165) is 28.3 Å². The average Bonchev–Trinajstić information content (AvgIpc) is 2.89. The summed E-state index contributed by atoms with van der Waals surface area (Å²) in [6.07, 6.45) is 2.40.